The summed E-state index contributed by atoms with van der Waals surface area (Å²) in [5.41, 5.74) is 5.95. The number of anilines is 2. The second-order valence-corrected chi connectivity index (χ2v) is 11.0. The second kappa shape index (κ2) is 13.2. The zero-order valence-corrected chi connectivity index (χ0v) is 23.8. The lowest BCUT2D eigenvalue weighted by Crippen LogP contribution is -2.43. The normalized spacial score (nSPS) is 12.5. The number of nitrogens with one attached hydrogen (secondary N) is 2. The highest BCUT2D eigenvalue weighted by molar-refractivity contribution is 7.80. The van der Waals surface area contributed by atoms with Crippen LogP contribution < -0.4 is 20.6 Å². The summed E-state index contributed by atoms with van der Waals surface area (Å²) in [6.07, 6.45) is 4.40. The van der Waals surface area contributed by atoms with Gasteiger partial charge in [-0.25, -0.2) is 13.4 Å². The maximum atomic E-state index is 15.6. The van der Waals surface area contributed by atoms with Crippen molar-refractivity contribution in [2.24, 2.45) is 5.41 Å². The maximum Gasteiger partial charge on any atom is 0.328 e. The molecule has 41 heavy (non-hydrogen) atoms. The van der Waals surface area contributed by atoms with E-state index in [4.69, 9.17) is 14.7 Å². The van der Waals surface area contributed by atoms with Gasteiger partial charge in [0, 0.05) is 35.5 Å². The summed E-state index contributed by atoms with van der Waals surface area (Å²) in [5, 5.41) is 5.21. The van der Waals surface area contributed by atoms with Crippen molar-refractivity contribution in [3.05, 3.63) is 83.9 Å². The molecule has 216 valence electrons. The summed E-state index contributed by atoms with van der Waals surface area (Å²) in [4.78, 5) is 41.9. The van der Waals surface area contributed by atoms with Gasteiger partial charge in [0.05, 0.1) is 23.3 Å². The molecule has 2 aromatic carbocycles. The zero-order valence-electron chi connectivity index (χ0n) is 23.0. The first-order valence-electron chi connectivity index (χ1n) is 12.4. The van der Waals surface area contributed by atoms with E-state index in [0.29, 0.717) is 11.3 Å². The lowest BCUT2D eigenvalue weighted by molar-refractivity contribution is -0.142. The van der Waals surface area contributed by atoms with Gasteiger partial charge in [0.15, 0.2) is 5.82 Å². The van der Waals surface area contributed by atoms with Crippen molar-refractivity contribution in [3.63, 3.8) is 0 Å². The number of carbonyl (C=O) groups excluding carboxylic acids is 3. The number of esters is 1. The molecule has 0 aliphatic rings. The Hall–Kier alpha value is -4.58. The minimum Gasteiger partial charge on any atom is -0.467 e. The van der Waals surface area contributed by atoms with Crippen molar-refractivity contribution in [2.45, 2.75) is 38.1 Å². The topological polar surface area (TPSA) is 150 Å². The van der Waals surface area contributed by atoms with Gasteiger partial charge in [-0.15, -0.1) is 0 Å². The predicted octanol–water partition coefficient (Wildman–Crippen LogP) is 4.05. The van der Waals surface area contributed by atoms with Crippen LogP contribution in [0, 0.1) is 11.2 Å². The number of halogens is 1. The number of benzene rings is 2. The predicted molar refractivity (Wildman–Crippen MR) is 154 cm³/mol. The molecule has 2 atom stereocenters. The summed E-state index contributed by atoms with van der Waals surface area (Å²) in [6.45, 7) is 8.92. The number of aromatic nitrogens is 1. The minimum atomic E-state index is -2.25. The molecule has 4 N–H and O–H groups in total. The van der Waals surface area contributed by atoms with Gasteiger partial charge in [0.25, 0.3) is 5.91 Å². The van der Waals surface area contributed by atoms with Gasteiger partial charge in [-0.05, 0) is 42.0 Å². The molecular formula is C29H31FN4O6S. The summed E-state index contributed by atoms with van der Waals surface area (Å²) in [7, 11) is 1.16. The molecule has 1 heterocycles. The molecule has 3 aromatic rings. The van der Waals surface area contributed by atoms with Crippen molar-refractivity contribution in [3.8, 4) is 5.75 Å². The fourth-order valence-electron chi connectivity index (χ4n) is 3.50. The van der Waals surface area contributed by atoms with Crippen LogP contribution in [0.1, 0.15) is 42.3 Å². The third-order valence-corrected chi connectivity index (χ3v) is 6.83. The number of nitrogens with two attached hydrogens (primary N) is 1. The van der Waals surface area contributed by atoms with E-state index in [1.807, 2.05) is 0 Å². The largest absolute Gasteiger partial charge is 0.467 e. The standard InChI is InChI=1S/C29H31FN4O6S/c1-6-18-15-21(26(35)34-22(27(36)39-5)14-17-8-7-13-32-16-17)23(30)25(24(18)31)40-41(38)20-11-9-19(10-12-20)33-28(37)29(2,3)4/h6-13,15-16,22H,1,14,31H2,2-5H3,(H,33,37)(H,34,35)/t22-,41?/m0/s1. The third-order valence-electron chi connectivity index (χ3n) is 5.85. The summed E-state index contributed by atoms with van der Waals surface area (Å²) in [6, 6.07) is 9.29. The van der Waals surface area contributed by atoms with Crippen LogP contribution >= 0.6 is 0 Å². The fraction of sp³-hybridized carbons (Fsp3) is 0.241. The van der Waals surface area contributed by atoms with Crippen molar-refractivity contribution in [1.82, 2.24) is 10.3 Å². The van der Waals surface area contributed by atoms with Crippen molar-refractivity contribution < 1.29 is 31.9 Å². The number of ether oxygens (including phenoxy) is 1. The molecule has 2 amide bonds. The van der Waals surface area contributed by atoms with Crippen LogP contribution in [-0.2, 0) is 31.8 Å². The Bertz CT molecular complexity index is 1470. The molecule has 0 radical (unpaired) electrons. The third kappa shape index (κ3) is 7.76. The van der Waals surface area contributed by atoms with Gasteiger partial charge in [-0.3, -0.25) is 14.6 Å². The molecule has 0 saturated heterocycles. The fourth-order valence-corrected chi connectivity index (χ4v) is 4.27. The number of amides is 2. The van der Waals surface area contributed by atoms with Gasteiger partial charge in [0.1, 0.15) is 6.04 Å². The number of hydrogen-bond donors (Lipinski definition) is 3. The van der Waals surface area contributed by atoms with E-state index >= 15 is 4.39 Å². The summed E-state index contributed by atoms with van der Waals surface area (Å²) >= 11 is -2.25. The number of hydrogen-bond acceptors (Lipinski definition) is 8. The molecule has 12 heteroatoms. The lowest BCUT2D eigenvalue weighted by atomic mass is 9.95. The second-order valence-electron chi connectivity index (χ2n) is 9.94. The maximum absolute atomic E-state index is 15.6. The molecule has 10 nitrogen and oxygen atoms in total. The summed E-state index contributed by atoms with van der Waals surface area (Å²) < 4.78 is 38.8. The molecule has 0 spiro atoms. The Morgan fingerprint density at radius 3 is 2.44 bits per heavy atom. The smallest absolute Gasteiger partial charge is 0.328 e. The van der Waals surface area contributed by atoms with Crippen molar-refractivity contribution >= 4 is 46.3 Å². The number of methoxy groups -OCH3 is 1. The first kappa shape index (κ1) is 31.0. The highest BCUT2D eigenvalue weighted by Gasteiger charge is 2.28. The van der Waals surface area contributed by atoms with Crippen LogP contribution in [-0.4, -0.2) is 40.1 Å². The molecule has 0 bridgehead atoms. The Labute approximate surface area is 239 Å². The zero-order chi connectivity index (χ0) is 30.3. The minimum absolute atomic E-state index is 0.0384. The van der Waals surface area contributed by atoms with Crippen LogP contribution in [0.5, 0.6) is 5.75 Å². The van der Waals surface area contributed by atoms with Crippen molar-refractivity contribution in [2.75, 3.05) is 18.2 Å². The lowest BCUT2D eigenvalue weighted by Gasteiger charge is -2.19. The van der Waals surface area contributed by atoms with Gasteiger partial charge in [0.2, 0.25) is 22.7 Å². The first-order valence-corrected chi connectivity index (χ1v) is 13.5. The number of carbonyl (C=O) groups is 3. The number of pyridine rings is 1. The Kier molecular flexibility index (Phi) is 9.95. The number of rotatable bonds is 10. The Morgan fingerprint density at radius 1 is 1.20 bits per heavy atom. The van der Waals surface area contributed by atoms with E-state index in [2.05, 4.69) is 22.2 Å². The van der Waals surface area contributed by atoms with E-state index < -0.39 is 51.5 Å². The quantitative estimate of drug-likeness (QED) is 0.239. The molecule has 1 aromatic heterocycles. The molecule has 0 aliphatic carbocycles. The average Bonchev–Trinajstić information content (AvgIpc) is 2.94. The van der Waals surface area contributed by atoms with Gasteiger partial charge in [-0.2, -0.15) is 0 Å². The highest BCUT2D eigenvalue weighted by Crippen LogP contribution is 2.34. The SMILES string of the molecule is C=Cc1cc(C(=O)N[C@@H](Cc2cccnc2)C(=O)OC)c(F)c(OS(=O)c2ccc(NC(=O)C(C)(C)C)cc2)c1N. The Morgan fingerprint density at radius 2 is 1.88 bits per heavy atom. The van der Waals surface area contributed by atoms with Gasteiger partial charge in [-0.1, -0.05) is 39.5 Å². The molecule has 3 rings (SSSR count). The molecule has 0 saturated carbocycles. The van der Waals surface area contributed by atoms with Crippen LogP contribution in [0.25, 0.3) is 6.08 Å². The average molecular weight is 583 g/mol. The van der Waals surface area contributed by atoms with E-state index in [-0.39, 0.29) is 28.5 Å². The van der Waals surface area contributed by atoms with E-state index in [0.717, 1.165) is 13.2 Å². The highest BCUT2D eigenvalue weighted by atomic mass is 32.2. The molecule has 1 unspecified atom stereocenters. The molecule has 0 aliphatic heterocycles. The van der Waals surface area contributed by atoms with E-state index in [1.54, 1.807) is 39.1 Å². The van der Waals surface area contributed by atoms with Crippen molar-refractivity contribution in [1.29, 1.82) is 0 Å². The number of nitrogens with zero attached hydrogens (tertiary/aromatic N) is 1. The molecule has 0 fully saturated rings. The Balaban J connectivity index is 1.86. The molecular weight excluding hydrogens is 551 g/mol. The van der Waals surface area contributed by atoms with Crippen LogP contribution in [0.3, 0.4) is 0 Å². The van der Waals surface area contributed by atoms with Crippen LogP contribution in [0.15, 0.2) is 66.3 Å². The summed E-state index contributed by atoms with van der Waals surface area (Å²) in [5.74, 6) is -3.73. The van der Waals surface area contributed by atoms with Crippen LogP contribution in [0.2, 0.25) is 0 Å². The number of nitrogen functional groups attached to an aromatic ring is 1. The monoisotopic (exact) mass is 582 g/mol. The van der Waals surface area contributed by atoms with Gasteiger partial charge < -0.3 is 25.3 Å². The van der Waals surface area contributed by atoms with Crippen LogP contribution in [0.4, 0.5) is 15.8 Å². The van der Waals surface area contributed by atoms with E-state index in [9.17, 15) is 18.6 Å². The van der Waals surface area contributed by atoms with Gasteiger partial charge >= 0.3 is 5.97 Å². The van der Waals surface area contributed by atoms with E-state index in [1.165, 1.54) is 36.5 Å². The first-order chi connectivity index (χ1) is 19.3.